The second-order valence-corrected chi connectivity index (χ2v) is 8.17. The summed E-state index contributed by atoms with van der Waals surface area (Å²) in [5, 5.41) is 22.0. The van der Waals surface area contributed by atoms with Crippen molar-refractivity contribution >= 4 is 49.6 Å². The van der Waals surface area contributed by atoms with Gasteiger partial charge in [0.25, 0.3) is 0 Å². The average molecular weight is 543 g/mol. The molecule has 10 heteroatoms. The number of hydrogen-bond donors (Lipinski definition) is 3. The number of rotatable bonds is 6. The van der Waals surface area contributed by atoms with Crippen molar-refractivity contribution in [1.82, 2.24) is 0 Å². The maximum atomic E-state index is 12.6. The predicted octanol–water partition coefficient (Wildman–Crippen LogP) is 5.21. The van der Waals surface area contributed by atoms with Crippen molar-refractivity contribution in [3.63, 3.8) is 0 Å². The first-order chi connectivity index (χ1) is 14.2. The number of nitrogens with one attached hydrogen (secondary N) is 1. The van der Waals surface area contributed by atoms with Gasteiger partial charge in [0, 0.05) is 33.8 Å². The van der Waals surface area contributed by atoms with Gasteiger partial charge in [0.05, 0.1) is 4.47 Å². The Morgan fingerprint density at radius 1 is 1.20 bits per heavy atom. The largest absolute Gasteiger partial charge is 0.506 e. The molecule has 158 valence electrons. The summed E-state index contributed by atoms with van der Waals surface area (Å²) in [6, 6.07) is 8.12. The van der Waals surface area contributed by atoms with Crippen LogP contribution in [0.1, 0.15) is 18.6 Å². The number of amides is 1. The first-order valence-corrected chi connectivity index (χ1v) is 10.3. The Balaban J connectivity index is 1.85. The van der Waals surface area contributed by atoms with Gasteiger partial charge in [0.1, 0.15) is 11.9 Å². The Hall–Kier alpha value is -2.72. The molecule has 0 aliphatic carbocycles. The van der Waals surface area contributed by atoms with Gasteiger partial charge >= 0.3 is 12.1 Å². The number of halogens is 2. The third-order valence-electron chi connectivity index (χ3n) is 4.24. The number of aliphatic carboxylic acids is 1. The van der Waals surface area contributed by atoms with E-state index in [0.29, 0.717) is 31.7 Å². The number of phenolic OH excluding ortho intramolecular Hbond substituents is 1. The smallest absolute Gasteiger partial charge is 0.412 e. The third kappa shape index (κ3) is 5.25. The monoisotopic (exact) mass is 541 g/mol. The Bertz CT molecular complexity index is 1010. The highest BCUT2D eigenvalue weighted by Gasteiger charge is 2.27. The molecule has 1 amide bonds. The van der Waals surface area contributed by atoms with Crippen LogP contribution in [0.25, 0.3) is 0 Å². The summed E-state index contributed by atoms with van der Waals surface area (Å²) < 4.78 is 17.1. The molecule has 3 N–H and O–H groups in total. The van der Waals surface area contributed by atoms with E-state index < -0.39 is 24.1 Å². The lowest BCUT2D eigenvalue weighted by Crippen LogP contribution is -2.21. The molecule has 1 aliphatic heterocycles. The number of fused-ring (bicyclic) bond motifs is 1. The molecule has 0 spiro atoms. The van der Waals surface area contributed by atoms with Gasteiger partial charge in [-0.1, -0.05) is 28.9 Å². The summed E-state index contributed by atoms with van der Waals surface area (Å²) in [6.45, 7) is 1.78. The fourth-order valence-electron chi connectivity index (χ4n) is 2.83. The quantitative estimate of drug-likeness (QED) is 0.429. The van der Waals surface area contributed by atoms with Gasteiger partial charge < -0.3 is 24.4 Å². The number of ether oxygens (including phenoxy) is 3. The number of phenols is 1. The van der Waals surface area contributed by atoms with Crippen LogP contribution >= 0.6 is 31.9 Å². The number of carboxylic acid groups (broad SMARTS) is 1. The molecular formula is C20H17Br2NO7. The maximum Gasteiger partial charge on any atom is 0.412 e. The minimum Gasteiger partial charge on any atom is -0.506 e. The van der Waals surface area contributed by atoms with E-state index in [-0.39, 0.29) is 12.5 Å². The van der Waals surface area contributed by atoms with E-state index in [2.05, 4.69) is 37.2 Å². The van der Waals surface area contributed by atoms with Gasteiger partial charge in [-0.25, -0.2) is 9.59 Å². The minimum atomic E-state index is -1.13. The number of aromatic hydroxyl groups is 1. The normalized spacial score (nSPS) is 14.4. The van der Waals surface area contributed by atoms with Gasteiger partial charge in [-0.2, -0.15) is 0 Å². The molecule has 30 heavy (non-hydrogen) atoms. The molecule has 0 aromatic heterocycles. The van der Waals surface area contributed by atoms with Gasteiger partial charge in [0.15, 0.2) is 11.5 Å². The van der Waals surface area contributed by atoms with E-state index in [1.54, 1.807) is 37.3 Å². The first kappa shape index (κ1) is 22.0. The standard InChI is InChI=1S/C20H17Br2NO7/c1-10(2-5-17(24)25)19(13-6-11(21)7-14(22)18(13)26)30-20(27)23-12-3-4-15-16(8-12)29-9-28-15/h2-8,10,19,26H,9H2,1H3,(H,23,27)(H,24,25)/b5-2+/t10-,19+/m0/s1. The lowest BCUT2D eigenvalue weighted by atomic mass is 9.96. The number of anilines is 1. The van der Waals surface area contributed by atoms with E-state index in [4.69, 9.17) is 19.3 Å². The number of hydrogen-bond acceptors (Lipinski definition) is 6. The molecule has 1 aliphatic rings. The van der Waals surface area contributed by atoms with E-state index in [9.17, 15) is 14.7 Å². The first-order valence-electron chi connectivity index (χ1n) is 8.71. The molecule has 0 bridgehead atoms. The number of benzene rings is 2. The maximum absolute atomic E-state index is 12.6. The Morgan fingerprint density at radius 3 is 2.67 bits per heavy atom. The summed E-state index contributed by atoms with van der Waals surface area (Å²) in [4.78, 5) is 23.5. The van der Waals surface area contributed by atoms with Crippen LogP contribution in [-0.4, -0.2) is 29.1 Å². The molecule has 1 heterocycles. The molecule has 0 fully saturated rings. The van der Waals surface area contributed by atoms with E-state index in [0.717, 1.165) is 6.08 Å². The van der Waals surface area contributed by atoms with Crippen molar-refractivity contribution in [3.8, 4) is 17.2 Å². The molecule has 2 aromatic rings. The summed E-state index contributed by atoms with van der Waals surface area (Å²) in [5.41, 5.74) is 0.732. The van der Waals surface area contributed by atoms with Crippen LogP contribution in [0.4, 0.5) is 10.5 Å². The Morgan fingerprint density at radius 2 is 1.93 bits per heavy atom. The highest BCUT2D eigenvalue weighted by atomic mass is 79.9. The predicted molar refractivity (Wildman–Crippen MR) is 115 cm³/mol. The molecule has 0 saturated carbocycles. The molecule has 2 atom stereocenters. The zero-order chi connectivity index (χ0) is 21.8. The fourth-order valence-corrected chi connectivity index (χ4v) is 4.09. The van der Waals surface area contributed by atoms with Crippen LogP contribution in [0.3, 0.4) is 0 Å². The lowest BCUT2D eigenvalue weighted by Gasteiger charge is -2.24. The zero-order valence-corrected chi connectivity index (χ0v) is 18.8. The summed E-state index contributed by atoms with van der Waals surface area (Å²) in [6.07, 6.45) is 0.587. The van der Waals surface area contributed by atoms with Crippen LogP contribution in [0.2, 0.25) is 0 Å². The van der Waals surface area contributed by atoms with Crippen molar-refractivity contribution in [3.05, 3.63) is 57.0 Å². The molecule has 0 radical (unpaired) electrons. The number of carboxylic acids is 1. The fraction of sp³-hybridized carbons (Fsp3) is 0.200. The van der Waals surface area contributed by atoms with Crippen LogP contribution in [0, 0.1) is 5.92 Å². The molecule has 0 saturated heterocycles. The average Bonchev–Trinajstić information content (AvgIpc) is 3.15. The molecule has 3 rings (SSSR count). The van der Waals surface area contributed by atoms with Gasteiger partial charge in [0.2, 0.25) is 6.79 Å². The van der Waals surface area contributed by atoms with Crippen LogP contribution in [0.15, 0.2) is 51.4 Å². The number of carbonyl (C=O) groups excluding carboxylic acids is 1. The number of carbonyl (C=O) groups is 2. The van der Waals surface area contributed by atoms with Gasteiger partial charge in [-0.05, 0) is 40.2 Å². The van der Waals surface area contributed by atoms with Crippen LogP contribution in [-0.2, 0) is 9.53 Å². The SMILES string of the molecule is C[C@@H](/C=C/C(=O)O)[C@@H](OC(=O)Nc1ccc2c(c1)OCO2)c1cc(Br)cc(Br)c1O. The van der Waals surface area contributed by atoms with E-state index in [1.807, 2.05) is 0 Å². The van der Waals surface area contributed by atoms with Gasteiger partial charge in [-0.15, -0.1) is 0 Å². The topological polar surface area (TPSA) is 114 Å². The molecule has 0 unspecified atom stereocenters. The van der Waals surface area contributed by atoms with Crippen LogP contribution in [0.5, 0.6) is 17.2 Å². The summed E-state index contributed by atoms with van der Waals surface area (Å²) >= 11 is 6.59. The van der Waals surface area contributed by atoms with Crippen molar-refractivity contribution in [2.45, 2.75) is 13.0 Å². The van der Waals surface area contributed by atoms with Crippen molar-refractivity contribution in [1.29, 1.82) is 0 Å². The van der Waals surface area contributed by atoms with E-state index >= 15 is 0 Å². The minimum absolute atomic E-state index is 0.107. The summed E-state index contributed by atoms with van der Waals surface area (Å²) in [5.74, 6) is -0.741. The molecular weight excluding hydrogens is 526 g/mol. The van der Waals surface area contributed by atoms with Crippen molar-refractivity contribution in [2.75, 3.05) is 12.1 Å². The lowest BCUT2D eigenvalue weighted by molar-refractivity contribution is -0.131. The molecule has 2 aromatic carbocycles. The van der Waals surface area contributed by atoms with Crippen molar-refractivity contribution in [2.24, 2.45) is 5.92 Å². The second-order valence-electron chi connectivity index (χ2n) is 6.40. The van der Waals surface area contributed by atoms with E-state index in [1.165, 1.54) is 6.08 Å². The highest BCUT2D eigenvalue weighted by Crippen LogP contribution is 2.40. The zero-order valence-electron chi connectivity index (χ0n) is 15.6. The van der Waals surface area contributed by atoms with Crippen LogP contribution < -0.4 is 14.8 Å². The third-order valence-corrected chi connectivity index (χ3v) is 5.30. The highest BCUT2D eigenvalue weighted by molar-refractivity contribution is 9.11. The summed E-state index contributed by atoms with van der Waals surface area (Å²) in [7, 11) is 0. The van der Waals surface area contributed by atoms with Crippen molar-refractivity contribution < 1.29 is 34.0 Å². The Kier molecular flexibility index (Phi) is 6.88. The second kappa shape index (κ2) is 9.40. The molecule has 8 nitrogen and oxygen atoms in total. The Labute approximate surface area is 188 Å². The van der Waals surface area contributed by atoms with Gasteiger partial charge in [-0.3, -0.25) is 5.32 Å².